The van der Waals surface area contributed by atoms with Gasteiger partial charge in [-0.3, -0.25) is 9.09 Å². The van der Waals surface area contributed by atoms with Crippen LogP contribution in [0.15, 0.2) is 6.33 Å². The predicted octanol–water partition coefficient (Wildman–Crippen LogP) is -1.39. The van der Waals surface area contributed by atoms with Crippen LogP contribution in [0.5, 0.6) is 0 Å². The Kier molecular flexibility index (Phi) is 7.09. The summed E-state index contributed by atoms with van der Waals surface area (Å²) in [5.41, 5.74) is 6.02. The van der Waals surface area contributed by atoms with Crippen molar-refractivity contribution >= 4 is 52.6 Å². The van der Waals surface area contributed by atoms with Crippen LogP contribution in [-0.2, 0) is 27.3 Å². The lowest BCUT2D eigenvalue weighted by atomic mass is 10.1. The molecule has 2 aromatic heterocycles. The molecule has 22 heteroatoms. The number of phosphoric acid groups is 1. The molecule has 1 saturated heterocycles. The second kappa shape index (κ2) is 8.90. The normalized spacial score (nSPS) is 27.9. The maximum Gasteiger partial charge on any atom is 0.480 e. The first kappa shape index (κ1) is 25.5. The summed E-state index contributed by atoms with van der Waals surface area (Å²) in [5, 5.41) is 20.5. The Morgan fingerprint density at radius 3 is 2.53 bits per heavy atom. The Bertz CT molecular complexity index is 1210. The van der Waals surface area contributed by atoms with Gasteiger partial charge in [-0.05, 0) is 0 Å². The average Bonchev–Trinajstić information content (AvgIpc) is 3.12. The van der Waals surface area contributed by atoms with E-state index in [0.29, 0.717) is 0 Å². The number of imidazole rings is 1. The van der Waals surface area contributed by atoms with Gasteiger partial charge in [0, 0.05) is 0 Å². The number of hydrogen-bond acceptors (Lipinski definition) is 12. The molecular weight excluding hydrogens is 521 g/mol. The Labute approximate surface area is 182 Å². The molecule has 180 valence electrons. The molecule has 18 nitrogen and oxygen atoms in total. The number of hydrogen-bond donors (Lipinski definition) is 9. The van der Waals surface area contributed by atoms with Gasteiger partial charge < -0.3 is 45.2 Å². The van der Waals surface area contributed by atoms with Gasteiger partial charge in [0.1, 0.15) is 29.5 Å². The summed E-state index contributed by atoms with van der Waals surface area (Å²) in [5.74, 6) is -0.0621. The number of aliphatic hydroxyl groups is 2. The second-order valence-electron chi connectivity index (χ2n) is 6.33. The molecule has 32 heavy (non-hydrogen) atoms. The number of aliphatic hydroxyl groups excluding tert-OH is 2. The number of anilines is 1. The minimum absolute atomic E-state index is 0.0543. The Morgan fingerprint density at radius 2 is 1.91 bits per heavy atom. The van der Waals surface area contributed by atoms with Crippen molar-refractivity contribution in [2.24, 2.45) is 0 Å². The van der Waals surface area contributed by atoms with Crippen molar-refractivity contribution in [3.63, 3.8) is 0 Å². The van der Waals surface area contributed by atoms with Gasteiger partial charge in [-0.1, -0.05) is 12.2 Å². The lowest BCUT2D eigenvalue weighted by Gasteiger charge is -2.19. The molecule has 0 bridgehead atoms. The van der Waals surface area contributed by atoms with E-state index in [2.05, 4.69) is 23.8 Å². The summed E-state index contributed by atoms with van der Waals surface area (Å²) in [6.07, 6.45) is -4.82. The van der Waals surface area contributed by atoms with Crippen molar-refractivity contribution in [1.29, 1.82) is 0 Å². The second-order valence-corrected chi connectivity index (χ2v) is 11.5. The quantitative estimate of drug-likeness (QED) is 0.138. The maximum absolute atomic E-state index is 11.9. The molecule has 0 saturated carbocycles. The van der Waals surface area contributed by atoms with Gasteiger partial charge in [0.15, 0.2) is 16.8 Å². The molecule has 10 N–H and O–H groups in total. The van der Waals surface area contributed by atoms with Crippen molar-refractivity contribution < 1.29 is 57.1 Å². The van der Waals surface area contributed by atoms with E-state index in [0.717, 1.165) is 4.86 Å². The van der Waals surface area contributed by atoms with Crippen LogP contribution in [0.2, 0.25) is 0 Å². The number of ether oxygens (including phenoxy) is 1. The number of nitrogens with zero attached hydrogens (tertiary/aromatic N) is 3. The van der Waals surface area contributed by atoms with Crippen LogP contribution in [0.25, 0.3) is 11.2 Å². The molecule has 0 spiro atoms. The Hall–Kier alpha value is -1.14. The van der Waals surface area contributed by atoms with Crippen LogP contribution in [0, 0.1) is 4.64 Å². The zero-order valence-corrected chi connectivity index (χ0v) is 18.9. The fourth-order valence-electron chi connectivity index (χ4n) is 2.76. The van der Waals surface area contributed by atoms with Gasteiger partial charge in [-0.2, -0.15) is 4.31 Å². The van der Waals surface area contributed by atoms with E-state index < -0.39 is 54.5 Å². The highest BCUT2D eigenvalue weighted by molar-refractivity contribution is 7.71. The molecule has 0 radical (unpaired) electrons. The standard InChI is InChI=1S/C10H17N6O12P3S/c11-10-13-7-4(8(32)14-10)12-2-16(7)9-6(18)5(17)3(27-9)1-26-31(24,25)28-30(22,23)15-29(19,20)21/h2-3,5-6,9,17-18H,1H2,(H,24,25)(H3,11,13,14,32)(H4,15,19,20,21,22,23)/t3-,5-,6-,9-/m1/s1. The molecule has 0 aromatic carbocycles. The summed E-state index contributed by atoms with van der Waals surface area (Å²) < 4.78 is 49.1. The first-order valence-electron chi connectivity index (χ1n) is 8.19. The molecule has 0 aliphatic carbocycles. The lowest BCUT2D eigenvalue weighted by Crippen LogP contribution is -2.33. The average molecular weight is 538 g/mol. The van der Waals surface area contributed by atoms with Gasteiger partial charge in [-0.15, -0.1) is 4.86 Å². The van der Waals surface area contributed by atoms with E-state index in [9.17, 15) is 33.7 Å². The van der Waals surface area contributed by atoms with Crippen LogP contribution < -0.4 is 10.6 Å². The number of aromatic amines is 1. The molecule has 3 rings (SSSR count). The molecular formula is C10H17N6O12P3S. The van der Waals surface area contributed by atoms with E-state index >= 15 is 0 Å². The zero-order valence-electron chi connectivity index (χ0n) is 15.4. The summed E-state index contributed by atoms with van der Waals surface area (Å²) in [6.45, 7) is -0.940. The summed E-state index contributed by atoms with van der Waals surface area (Å²) in [7, 11) is -16.1. The number of phosphoric ester groups is 1. The van der Waals surface area contributed by atoms with Crippen LogP contribution in [-0.4, -0.2) is 74.2 Å². The highest BCUT2D eigenvalue weighted by atomic mass is 32.1. The zero-order chi connectivity index (χ0) is 24.1. The number of H-pyrrole nitrogens is 1. The summed E-state index contributed by atoms with van der Waals surface area (Å²) >= 11 is 5.03. The number of nitrogens with two attached hydrogens (primary N) is 1. The third kappa shape index (κ3) is 5.85. The molecule has 0 amide bonds. The molecule has 1 aliphatic heterocycles. The number of aromatic nitrogens is 4. The summed E-state index contributed by atoms with van der Waals surface area (Å²) in [4.78, 5) is 47.3. The van der Waals surface area contributed by atoms with Crippen LogP contribution in [0.1, 0.15) is 6.23 Å². The van der Waals surface area contributed by atoms with E-state index in [-0.39, 0.29) is 21.8 Å². The highest BCUT2D eigenvalue weighted by Gasteiger charge is 2.46. The number of fused-ring (bicyclic) bond motifs is 1. The van der Waals surface area contributed by atoms with Crippen LogP contribution >= 0.6 is 35.5 Å². The Morgan fingerprint density at radius 1 is 1.25 bits per heavy atom. The van der Waals surface area contributed by atoms with E-state index in [1.807, 2.05) is 0 Å². The third-order valence-electron chi connectivity index (χ3n) is 3.95. The SMILES string of the molecule is Nc1nc(=S)c2ncn([C@@H]3O[C@H](COP(=O)(O)OP(=O)(O)NP(=O)(O)O)[C@@H](O)[C@H]3O)c2[nH]1. The van der Waals surface area contributed by atoms with Crippen molar-refractivity contribution in [2.45, 2.75) is 24.5 Å². The first-order valence-corrected chi connectivity index (χ1v) is 13.3. The van der Waals surface area contributed by atoms with Gasteiger partial charge in [0.2, 0.25) is 0 Å². The Balaban J connectivity index is 1.72. The molecule has 3 heterocycles. The van der Waals surface area contributed by atoms with Gasteiger partial charge in [-0.25, -0.2) is 23.7 Å². The van der Waals surface area contributed by atoms with Crippen LogP contribution in [0.3, 0.4) is 0 Å². The number of nitrogen functional groups attached to an aromatic ring is 1. The van der Waals surface area contributed by atoms with E-state index in [4.69, 9.17) is 32.5 Å². The first-order chi connectivity index (χ1) is 14.6. The fourth-order valence-corrected chi connectivity index (χ4v) is 6.44. The van der Waals surface area contributed by atoms with Crippen molar-refractivity contribution in [2.75, 3.05) is 12.3 Å². The molecule has 1 aliphatic rings. The predicted molar refractivity (Wildman–Crippen MR) is 105 cm³/mol. The molecule has 2 unspecified atom stereocenters. The van der Waals surface area contributed by atoms with Gasteiger partial charge >= 0.3 is 23.3 Å². The minimum Gasteiger partial charge on any atom is -0.387 e. The van der Waals surface area contributed by atoms with E-state index in [1.54, 1.807) is 0 Å². The van der Waals surface area contributed by atoms with E-state index in [1.165, 1.54) is 10.9 Å². The molecule has 6 atom stereocenters. The maximum atomic E-state index is 11.9. The largest absolute Gasteiger partial charge is 0.480 e. The minimum atomic E-state index is -5.46. The summed E-state index contributed by atoms with van der Waals surface area (Å²) in [6, 6.07) is 0. The number of rotatable bonds is 8. The van der Waals surface area contributed by atoms with Crippen molar-refractivity contribution in [3.05, 3.63) is 11.0 Å². The molecule has 2 aromatic rings. The number of nitrogens with one attached hydrogen (secondary N) is 2. The van der Waals surface area contributed by atoms with Crippen LogP contribution in [0.4, 0.5) is 5.95 Å². The monoisotopic (exact) mass is 538 g/mol. The molecule has 1 fully saturated rings. The smallest absolute Gasteiger partial charge is 0.387 e. The lowest BCUT2D eigenvalue weighted by molar-refractivity contribution is -0.0501. The topological polar surface area (TPSA) is 285 Å². The fraction of sp³-hybridized carbons (Fsp3) is 0.500. The van der Waals surface area contributed by atoms with Gasteiger partial charge in [0.05, 0.1) is 12.9 Å². The highest BCUT2D eigenvalue weighted by Crippen LogP contribution is 2.61. The third-order valence-corrected chi connectivity index (χ3v) is 8.47. The van der Waals surface area contributed by atoms with Crippen molar-refractivity contribution in [1.82, 2.24) is 24.4 Å². The van der Waals surface area contributed by atoms with Crippen molar-refractivity contribution in [3.8, 4) is 0 Å². The van der Waals surface area contributed by atoms with Gasteiger partial charge in [0.25, 0.3) is 0 Å².